The molecule has 4 aromatic rings. The topological polar surface area (TPSA) is 132 Å². The number of pyridine rings is 1. The summed E-state index contributed by atoms with van der Waals surface area (Å²) in [6.07, 6.45) is 6.83. The van der Waals surface area contributed by atoms with E-state index in [0.29, 0.717) is 60.8 Å². The molecule has 6 rings (SSSR count). The maximum absolute atomic E-state index is 14.2. The van der Waals surface area contributed by atoms with Gasteiger partial charge >= 0.3 is 5.69 Å². The summed E-state index contributed by atoms with van der Waals surface area (Å²) in [6.45, 7) is 6.36. The minimum absolute atomic E-state index is 0.111. The fourth-order valence-corrected chi connectivity index (χ4v) is 7.13. The van der Waals surface area contributed by atoms with Gasteiger partial charge in [-0.3, -0.25) is 18.8 Å². The number of nitriles is 1. The van der Waals surface area contributed by atoms with Gasteiger partial charge in [0.05, 0.1) is 23.9 Å². The molecular weight excluding hydrogens is 594 g/mol. The molecule has 2 aromatic carbocycles. The number of para-hydroxylation sites is 1. The monoisotopic (exact) mass is 635 g/mol. The summed E-state index contributed by atoms with van der Waals surface area (Å²) in [6, 6.07) is 20.6. The summed E-state index contributed by atoms with van der Waals surface area (Å²) in [4.78, 5) is 36.4. The predicted octanol–water partition coefficient (Wildman–Crippen LogP) is 5.06. The average Bonchev–Trinajstić information content (AvgIpc) is 3.67. The number of ether oxygens (including phenoxy) is 2. The quantitative estimate of drug-likeness (QED) is 0.199. The molecule has 0 bridgehead atoms. The number of aromatic nitrogens is 3. The molecule has 47 heavy (non-hydrogen) atoms. The molecule has 0 spiro atoms. The molecule has 4 heterocycles. The standard InChI is InChI=1S/C36H41N7O4/c1-36(2,41-20-8-10-28(41)24-46-3)21-25(22-37)34(44)40-19-7-9-27(23-40)42-31-17-18-39-33(38)32(31)43(35(42)45)26-13-15-30(16-14-26)47-29-11-5-4-6-12-29/h4-6,11-18,21,27-28H,7-10,19-20,23-24H2,1-3H3,(H2,38,39)/b25-21-/t27-,28-/m1/s1. The van der Waals surface area contributed by atoms with Crippen LogP contribution in [0.1, 0.15) is 45.6 Å². The van der Waals surface area contributed by atoms with Crippen molar-refractivity contribution in [1.82, 2.24) is 23.9 Å². The Morgan fingerprint density at radius 2 is 1.79 bits per heavy atom. The maximum Gasteiger partial charge on any atom is 0.334 e. The number of nitrogens with zero attached hydrogens (tertiary/aromatic N) is 6. The molecule has 2 aliphatic rings. The third kappa shape index (κ3) is 6.39. The van der Waals surface area contributed by atoms with Crippen LogP contribution in [-0.2, 0) is 9.53 Å². The Labute approximate surface area is 274 Å². The van der Waals surface area contributed by atoms with Crippen molar-refractivity contribution in [1.29, 1.82) is 5.26 Å². The third-order valence-electron chi connectivity index (χ3n) is 9.26. The van der Waals surface area contributed by atoms with E-state index in [2.05, 4.69) is 16.0 Å². The van der Waals surface area contributed by atoms with Gasteiger partial charge in [0.2, 0.25) is 0 Å². The lowest BCUT2D eigenvalue weighted by Crippen LogP contribution is -2.48. The molecule has 11 nitrogen and oxygen atoms in total. The Morgan fingerprint density at radius 1 is 1.06 bits per heavy atom. The molecule has 2 aromatic heterocycles. The Balaban J connectivity index is 1.29. The number of rotatable bonds is 9. The Hall–Kier alpha value is -4.92. The van der Waals surface area contributed by atoms with E-state index >= 15 is 0 Å². The number of imidazole rings is 1. The molecular formula is C36H41N7O4. The normalized spacial score (nSPS) is 19.2. The lowest BCUT2D eigenvalue weighted by Gasteiger charge is -2.38. The first kappa shape index (κ1) is 32.0. The first-order valence-electron chi connectivity index (χ1n) is 16.1. The van der Waals surface area contributed by atoms with Crippen LogP contribution >= 0.6 is 0 Å². The first-order chi connectivity index (χ1) is 22.7. The second-order valence-electron chi connectivity index (χ2n) is 12.8. The van der Waals surface area contributed by atoms with Crippen molar-refractivity contribution in [3.8, 4) is 23.3 Å². The van der Waals surface area contributed by atoms with Crippen LogP contribution in [0.15, 0.2) is 83.3 Å². The molecule has 2 N–H and O–H groups in total. The number of amides is 1. The van der Waals surface area contributed by atoms with Crippen LogP contribution in [0.25, 0.3) is 16.7 Å². The lowest BCUT2D eigenvalue weighted by atomic mass is 9.96. The maximum atomic E-state index is 14.2. The molecule has 0 radical (unpaired) electrons. The number of hydrogen-bond donors (Lipinski definition) is 1. The zero-order valence-corrected chi connectivity index (χ0v) is 27.1. The van der Waals surface area contributed by atoms with Gasteiger partial charge in [-0.1, -0.05) is 18.2 Å². The van der Waals surface area contributed by atoms with Crippen molar-refractivity contribution in [2.24, 2.45) is 0 Å². The third-order valence-corrected chi connectivity index (χ3v) is 9.26. The predicted molar refractivity (Wildman–Crippen MR) is 180 cm³/mol. The number of methoxy groups -OCH3 is 1. The Morgan fingerprint density at radius 3 is 2.51 bits per heavy atom. The number of hydrogen-bond acceptors (Lipinski definition) is 8. The number of nitrogens with two attached hydrogens (primary N) is 1. The fourth-order valence-electron chi connectivity index (χ4n) is 7.13. The number of carbonyl (C=O) groups is 1. The van der Waals surface area contributed by atoms with Crippen LogP contribution in [-0.4, -0.2) is 74.8 Å². The van der Waals surface area contributed by atoms with Gasteiger partial charge in [0.15, 0.2) is 0 Å². The number of anilines is 1. The van der Waals surface area contributed by atoms with Crippen molar-refractivity contribution in [3.05, 3.63) is 89.0 Å². The smallest absolute Gasteiger partial charge is 0.334 e. The van der Waals surface area contributed by atoms with E-state index in [0.717, 1.165) is 19.4 Å². The van der Waals surface area contributed by atoms with Crippen LogP contribution in [0.2, 0.25) is 0 Å². The lowest BCUT2D eigenvalue weighted by molar-refractivity contribution is -0.128. The van der Waals surface area contributed by atoms with E-state index in [-0.39, 0.29) is 35.1 Å². The van der Waals surface area contributed by atoms with E-state index in [1.54, 1.807) is 39.5 Å². The molecule has 2 atom stereocenters. The van der Waals surface area contributed by atoms with Gasteiger partial charge in [0, 0.05) is 38.0 Å². The molecule has 0 aliphatic carbocycles. The second-order valence-corrected chi connectivity index (χ2v) is 12.8. The summed E-state index contributed by atoms with van der Waals surface area (Å²) >= 11 is 0. The van der Waals surface area contributed by atoms with Crippen molar-refractivity contribution in [3.63, 3.8) is 0 Å². The van der Waals surface area contributed by atoms with E-state index in [9.17, 15) is 14.9 Å². The summed E-state index contributed by atoms with van der Waals surface area (Å²) in [5, 5.41) is 10.1. The van der Waals surface area contributed by atoms with Gasteiger partial charge in [-0.15, -0.1) is 0 Å². The molecule has 0 unspecified atom stereocenters. The number of carbonyl (C=O) groups excluding carboxylic acids is 1. The number of piperidine rings is 1. The molecule has 11 heteroatoms. The molecule has 2 saturated heterocycles. The highest BCUT2D eigenvalue weighted by atomic mass is 16.5. The van der Waals surface area contributed by atoms with Gasteiger partial charge in [-0.05, 0) is 94.6 Å². The molecule has 1 amide bonds. The van der Waals surface area contributed by atoms with Gasteiger partial charge in [0.1, 0.15) is 34.5 Å². The number of benzene rings is 2. The van der Waals surface area contributed by atoms with E-state index in [1.807, 2.05) is 68.4 Å². The van der Waals surface area contributed by atoms with Crippen molar-refractivity contribution >= 4 is 22.8 Å². The van der Waals surface area contributed by atoms with Gasteiger partial charge in [-0.25, -0.2) is 9.78 Å². The van der Waals surface area contributed by atoms with Gasteiger partial charge in [0.25, 0.3) is 5.91 Å². The van der Waals surface area contributed by atoms with Crippen LogP contribution in [0.4, 0.5) is 5.82 Å². The molecule has 0 saturated carbocycles. The largest absolute Gasteiger partial charge is 0.457 e. The molecule has 2 fully saturated rings. The first-order valence-corrected chi connectivity index (χ1v) is 16.1. The Bertz CT molecular complexity index is 1870. The van der Waals surface area contributed by atoms with E-state index in [4.69, 9.17) is 15.2 Å². The molecule has 244 valence electrons. The summed E-state index contributed by atoms with van der Waals surface area (Å²) in [5.74, 6) is 1.26. The Kier molecular flexibility index (Phi) is 9.16. The number of fused-ring (bicyclic) bond motifs is 1. The zero-order valence-electron chi connectivity index (χ0n) is 27.1. The number of nitrogen functional groups attached to an aromatic ring is 1. The van der Waals surface area contributed by atoms with Crippen LogP contribution < -0.4 is 16.2 Å². The second kappa shape index (κ2) is 13.4. The SMILES string of the molecule is COC[C@H]1CCCN1C(C)(C)/C=C(/C#N)C(=O)N1CCC[C@@H](n2c(=O)n(-c3ccc(Oc4ccccc4)cc3)c3c(N)nccc32)C1. The van der Waals surface area contributed by atoms with Crippen LogP contribution in [0.5, 0.6) is 11.5 Å². The fraction of sp³-hybridized carbons (Fsp3) is 0.389. The van der Waals surface area contributed by atoms with Crippen LogP contribution in [0, 0.1) is 11.3 Å². The summed E-state index contributed by atoms with van der Waals surface area (Å²) in [5.41, 5.74) is 7.48. The minimum Gasteiger partial charge on any atom is -0.457 e. The molecule has 2 aliphatic heterocycles. The van der Waals surface area contributed by atoms with Crippen molar-refractivity contribution in [2.75, 3.05) is 39.1 Å². The zero-order chi connectivity index (χ0) is 33.1. The van der Waals surface area contributed by atoms with E-state index < -0.39 is 5.54 Å². The van der Waals surface area contributed by atoms with Crippen LogP contribution in [0.3, 0.4) is 0 Å². The highest BCUT2D eigenvalue weighted by Gasteiger charge is 2.37. The van der Waals surface area contributed by atoms with Gasteiger partial charge < -0.3 is 20.1 Å². The summed E-state index contributed by atoms with van der Waals surface area (Å²) in [7, 11) is 1.70. The van der Waals surface area contributed by atoms with Crippen molar-refractivity contribution < 1.29 is 14.3 Å². The summed E-state index contributed by atoms with van der Waals surface area (Å²) < 4.78 is 14.7. The van der Waals surface area contributed by atoms with E-state index in [1.165, 1.54) is 0 Å². The average molecular weight is 636 g/mol. The van der Waals surface area contributed by atoms with Gasteiger partial charge in [-0.2, -0.15) is 5.26 Å². The highest BCUT2D eigenvalue weighted by molar-refractivity contribution is 5.97. The number of likely N-dealkylation sites (tertiary alicyclic amines) is 2. The van der Waals surface area contributed by atoms with Crippen molar-refractivity contribution in [2.45, 2.75) is 57.2 Å². The minimum atomic E-state index is -0.508. The highest BCUT2D eigenvalue weighted by Crippen LogP contribution is 2.32.